The molecule has 0 radical (unpaired) electrons. The topological polar surface area (TPSA) is 58.5 Å². The molecular formula is C6H10N2O2S. The van der Waals surface area contributed by atoms with Crippen molar-refractivity contribution in [1.82, 2.24) is 5.32 Å². The smallest absolute Gasteiger partial charge is 0.278 e. The lowest BCUT2D eigenvalue weighted by atomic mass is 10.2. The van der Waals surface area contributed by atoms with Crippen LogP contribution >= 0.6 is 0 Å². The highest BCUT2D eigenvalue weighted by molar-refractivity contribution is 7.93. The first-order valence-electron chi connectivity index (χ1n) is 3.29. The third-order valence-electron chi connectivity index (χ3n) is 1.24. The summed E-state index contributed by atoms with van der Waals surface area (Å²) in [6.45, 7) is 3.75. The maximum atomic E-state index is 10.9. The summed E-state index contributed by atoms with van der Waals surface area (Å²) in [6, 6.07) is 0. The fourth-order valence-electron chi connectivity index (χ4n) is 0.671. The van der Waals surface area contributed by atoms with Gasteiger partial charge in [0, 0.05) is 12.1 Å². The number of nitrogens with zero attached hydrogens (tertiary/aromatic N) is 1. The minimum Gasteiger partial charge on any atom is -0.348 e. The number of sulfonamides is 1. The first-order chi connectivity index (χ1) is 5.01. The van der Waals surface area contributed by atoms with Crippen LogP contribution in [0, 0.1) is 5.92 Å². The van der Waals surface area contributed by atoms with Gasteiger partial charge in [-0.25, -0.2) is 0 Å². The third kappa shape index (κ3) is 2.04. The molecule has 0 fully saturated rings. The largest absolute Gasteiger partial charge is 0.348 e. The molecule has 0 aliphatic carbocycles. The average molecular weight is 174 g/mol. The molecule has 62 valence electrons. The van der Waals surface area contributed by atoms with Crippen LogP contribution in [-0.2, 0) is 10.0 Å². The minimum atomic E-state index is -3.33. The number of nitrogens with one attached hydrogen (secondary N) is 1. The highest BCUT2D eigenvalue weighted by Gasteiger charge is 2.13. The van der Waals surface area contributed by atoms with Gasteiger partial charge in [-0.1, -0.05) is 13.8 Å². The molecule has 1 aliphatic rings. The Morgan fingerprint density at radius 1 is 1.55 bits per heavy atom. The molecule has 1 rings (SSSR count). The van der Waals surface area contributed by atoms with Crippen molar-refractivity contribution in [3.05, 3.63) is 11.6 Å². The standard InChI is InChI=1S/C6H10N2O2S/c1-5(2)6-7-3-4-11(9,10)8-6/h3-5H,1-2H3,(H,7,8). The molecule has 0 saturated carbocycles. The molecule has 0 amide bonds. The Hall–Kier alpha value is -0.840. The van der Waals surface area contributed by atoms with Gasteiger partial charge in [-0.2, -0.15) is 8.42 Å². The van der Waals surface area contributed by atoms with Crippen LogP contribution in [0.25, 0.3) is 0 Å². The van der Waals surface area contributed by atoms with Gasteiger partial charge in [0.1, 0.15) is 5.84 Å². The van der Waals surface area contributed by atoms with Gasteiger partial charge in [0.25, 0.3) is 10.0 Å². The van der Waals surface area contributed by atoms with Crippen LogP contribution in [-0.4, -0.2) is 14.3 Å². The van der Waals surface area contributed by atoms with Crippen molar-refractivity contribution in [3.63, 3.8) is 0 Å². The van der Waals surface area contributed by atoms with E-state index in [-0.39, 0.29) is 5.92 Å². The lowest BCUT2D eigenvalue weighted by molar-refractivity contribution is 0.604. The Morgan fingerprint density at radius 2 is 2.18 bits per heavy atom. The molecule has 0 bridgehead atoms. The number of hydrogen-bond acceptors (Lipinski definition) is 3. The van der Waals surface area contributed by atoms with E-state index in [2.05, 4.69) is 9.71 Å². The second-order valence-corrected chi connectivity index (χ2v) is 4.08. The zero-order valence-corrected chi connectivity index (χ0v) is 7.22. The molecule has 11 heavy (non-hydrogen) atoms. The monoisotopic (exact) mass is 174 g/mol. The molecular weight excluding hydrogens is 164 g/mol. The van der Waals surface area contributed by atoms with Crippen LogP contribution in [0.2, 0.25) is 0 Å². The van der Waals surface area contributed by atoms with E-state index in [1.807, 2.05) is 13.8 Å². The second kappa shape index (κ2) is 2.65. The molecule has 0 unspecified atom stereocenters. The Bertz CT molecular complexity index is 301. The summed E-state index contributed by atoms with van der Waals surface area (Å²) < 4.78 is 25.2. The van der Waals surface area contributed by atoms with Crippen molar-refractivity contribution in [2.45, 2.75) is 13.8 Å². The normalized spacial score (nSPS) is 21.2. The van der Waals surface area contributed by atoms with Gasteiger partial charge in [0.15, 0.2) is 0 Å². The fraction of sp³-hybridized carbons (Fsp3) is 0.500. The van der Waals surface area contributed by atoms with E-state index in [1.165, 1.54) is 6.20 Å². The zero-order valence-electron chi connectivity index (χ0n) is 6.40. The van der Waals surface area contributed by atoms with E-state index in [0.29, 0.717) is 5.84 Å². The first kappa shape index (κ1) is 8.26. The van der Waals surface area contributed by atoms with Crippen LogP contribution in [0.4, 0.5) is 0 Å². The van der Waals surface area contributed by atoms with Crippen molar-refractivity contribution in [3.8, 4) is 0 Å². The van der Waals surface area contributed by atoms with Crippen LogP contribution < -0.4 is 5.32 Å². The Morgan fingerprint density at radius 3 is 2.55 bits per heavy atom. The van der Waals surface area contributed by atoms with Gasteiger partial charge < -0.3 is 5.32 Å². The lowest BCUT2D eigenvalue weighted by Crippen LogP contribution is -2.27. The first-order valence-corrected chi connectivity index (χ1v) is 4.79. The molecule has 0 spiro atoms. The predicted molar refractivity (Wildman–Crippen MR) is 43.5 cm³/mol. The Kier molecular flexibility index (Phi) is 1.99. The third-order valence-corrected chi connectivity index (χ3v) is 2.17. The van der Waals surface area contributed by atoms with Crippen molar-refractivity contribution < 1.29 is 8.42 Å². The molecule has 0 aromatic carbocycles. The molecule has 0 aromatic heterocycles. The summed E-state index contributed by atoms with van der Waals surface area (Å²) in [7, 11) is -3.33. The van der Waals surface area contributed by atoms with Gasteiger partial charge in [0.2, 0.25) is 0 Å². The van der Waals surface area contributed by atoms with Crippen LogP contribution in [0.1, 0.15) is 13.8 Å². The van der Waals surface area contributed by atoms with Gasteiger partial charge in [-0.15, -0.1) is 4.40 Å². The Balaban J connectivity index is 2.97. The lowest BCUT2D eigenvalue weighted by Gasteiger charge is -2.11. The molecule has 1 N–H and O–H groups in total. The van der Waals surface area contributed by atoms with Crippen molar-refractivity contribution >= 4 is 15.9 Å². The average Bonchev–Trinajstić information content (AvgIpc) is 1.85. The summed E-state index contributed by atoms with van der Waals surface area (Å²) in [6.07, 6.45) is 1.39. The van der Waals surface area contributed by atoms with E-state index in [0.717, 1.165) is 5.41 Å². The highest BCUT2D eigenvalue weighted by atomic mass is 32.2. The molecule has 4 nitrogen and oxygen atoms in total. The summed E-state index contributed by atoms with van der Waals surface area (Å²) in [4.78, 5) is 0. The summed E-state index contributed by atoms with van der Waals surface area (Å²) in [5.41, 5.74) is 0. The molecule has 1 heterocycles. The van der Waals surface area contributed by atoms with E-state index in [9.17, 15) is 8.42 Å². The molecule has 0 atom stereocenters. The summed E-state index contributed by atoms with van der Waals surface area (Å²) >= 11 is 0. The van der Waals surface area contributed by atoms with Crippen LogP contribution in [0.15, 0.2) is 16.0 Å². The number of rotatable bonds is 1. The summed E-state index contributed by atoms with van der Waals surface area (Å²) in [5.74, 6) is 0.599. The Labute approximate surface area is 66.1 Å². The van der Waals surface area contributed by atoms with Gasteiger partial charge >= 0.3 is 0 Å². The van der Waals surface area contributed by atoms with Gasteiger partial charge in [0.05, 0.1) is 5.41 Å². The maximum absolute atomic E-state index is 10.9. The minimum absolute atomic E-state index is 0.106. The maximum Gasteiger partial charge on any atom is 0.278 e. The van der Waals surface area contributed by atoms with Crippen molar-refractivity contribution in [2.75, 3.05) is 0 Å². The van der Waals surface area contributed by atoms with Crippen molar-refractivity contribution in [1.29, 1.82) is 0 Å². The number of amidine groups is 1. The van der Waals surface area contributed by atoms with Crippen LogP contribution in [0.3, 0.4) is 0 Å². The van der Waals surface area contributed by atoms with Crippen LogP contribution in [0.5, 0.6) is 0 Å². The van der Waals surface area contributed by atoms with E-state index < -0.39 is 10.0 Å². The number of hydrogen-bond donors (Lipinski definition) is 1. The molecule has 5 heteroatoms. The zero-order chi connectivity index (χ0) is 8.48. The van der Waals surface area contributed by atoms with E-state index in [4.69, 9.17) is 0 Å². The summed E-state index contributed by atoms with van der Waals surface area (Å²) in [5, 5.41) is 3.80. The molecule has 0 aromatic rings. The molecule has 0 saturated heterocycles. The quantitative estimate of drug-likeness (QED) is 0.627. The van der Waals surface area contributed by atoms with Crippen molar-refractivity contribution in [2.24, 2.45) is 10.3 Å². The van der Waals surface area contributed by atoms with Gasteiger partial charge in [-0.05, 0) is 0 Å². The second-order valence-electron chi connectivity index (χ2n) is 2.59. The molecule has 1 aliphatic heterocycles. The van der Waals surface area contributed by atoms with E-state index >= 15 is 0 Å². The fourth-order valence-corrected chi connectivity index (χ4v) is 1.51. The van der Waals surface area contributed by atoms with Gasteiger partial charge in [-0.3, -0.25) is 0 Å². The SMILES string of the molecule is CC(C)C1=NS(=O)(=O)C=CN1. The van der Waals surface area contributed by atoms with E-state index in [1.54, 1.807) is 0 Å². The predicted octanol–water partition coefficient (Wildman–Crippen LogP) is 0.445. The highest BCUT2D eigenvalue weighted by Crippen LogP contribution is 2.04.